The Kier molecular flexibility index (Phi) is 5.69. The average Bonchev–Trinajstić information content (AvgIpc) is 2.56. The number of anilines is 1. The predicted molar refractivity (Wildman–Crippen MR) is 91.6 cm³/mol. The maximum atomic E-state index is 9.58. The van der Waals surface area contributed by atoms with Crippen LogP contribution in [0.5, 0.6) is 23.0 Å². The molecule has 0 bridgehead atoms. The predicted octanol–water partition coefficient (Wildman–Crippen LogP) is 4.34. The Balaban J connectivity index is 2.26. The van der Waals surface area contributed by atoms with E-state index in [2.05, 4.69) is 5.32 Å². The van der Waals surface area contributed by atoms with Gasteiger partial charge in [-0.3, -0.25) is 0 Å². The molecule has 0 unspecified atom stereocenters. The molecule has 0 saturated heterocycles. The third kappa shape index (κ3) is 3.86. The maximum absolute atomic E-state index is 9.58. The number of halogens is 2. The molecule has 2 rings (SSSR count). The van der Waals surface area contributed by atoms with Gasteiger partial charge in [0.2, 0.25) is 0 Å². The van der Waals surface area contributed by atoms with Crippen LogP contribution < -0.4 is 19.5 Å². The van der Waals surface area contributed by atoms with E-state index >= 15 is 0 Å². The van der Waals surface area contributed by atoms with Crippen LogP contribution in [0.25, 0.3) is 0 Å². The van der Waals surface area contributed by atoms with Crippen molar-refractivity contribution in [3.8, 4) is 23.0 Å². The van der Waals surface area contributed by atoms with Gasteiger partial charge in [-0.25, -0.2) is 0 Å². The number of aromatic hydroxyl groups is 1. The standard InChI is InChI=1S/C16H17Cl2NO4/c1-21-13-7-15(23-3)14(22-2)4-9(13)8-19-10-5-11(17)16(20)12(18)6-10/h4-7,19-20H,8H2,1-3H3. The Morgan fingerprint density at radius 2 is 1.39 bits per heavy atom. The van der Waals surface area contributed by atoms with Gasteiger partial charge >= 0.3 is 0 Å². The quantitative estimate of drug-likeness (QED) is 0.753. The molecule has 2 aromatic carbocycles. The molecular formula is C16H17Cl2NO4. The number of ether oxygens (including phenoxy) is 3. The average molecular weight is 358 g/mol. The van der Waals surface area contributed by atoms with E-state index in [1.165, 1.54) is 0 Å². The molecule has 0 amide bonds. The molecule has 0 spiro atoms. The lowest BCUT2D eigenvalue weighted by molar-refractivity contribution is 0.347. The minimum Gasteiger partial charge on any atom is -0.505 e. The Morgan fingerprint density at radius 3 is 1.91 bits per heavy atom. The van der Waals surface area contributed by atoms with E-state index < -0.39 is 0 Å². The molecule has 0 saturated carbocycles. The van der Waals surface area contributed by atoms with E-state index in [1.54, 1.807) is 39.5 Å². The van der Waals surface area contributed by atoms with Crippen LogP contribution in [0.4, 0.5) is 5.69 Å². The minimum absolute atomic E-state index is 0.136. The Morgan fingerprint density at radius 1 is 0.870 bits per heavy atom. The van der Waals surface area contributed by atoms with Crippen molar-refractivity contribution in [1.29, 1.82) is 0 Å². The molecule has 0 aromatic heterocycles. The third-order valence-electron chi connectivity index (χ3n) is 3.29. The summed E-state index contributed by atoms with van der Waals surface area (Å²) in [6, 6.07) is 6.77. The van der Waals surface area contributed by atoms with Gasteiger partial charge in [0.05, 0.1) is 31.4 Å². The summed E-state index contributed by atoms with van der Waals surface area (Å²) >= 11 is 11.8. The summed E-state index contributed by atoms with van der Waals surface area (Å²) in [5.74, 6) is 1.71. The van der Waals surface area contributed by atoms with Crippen molar-refractivity contribution in [2.24, 2.45) is 0 Å². The van der Waals surface area contributed by atoms with Crippen LogP contribution in [0.3, 0.4) is 0 Å². The van der Waals surface area contributed by atoms with Crippen molar-refractivity contribution in [2.75, 3.05) is 26.6 Å². The van der Waals surface area contributed by atoms with E-state index in [0.717, 1.165) is 5.56 Å². The van der Waals surface area contributed by atoms with Gasteiger partial charge in [0.25, 0.3) is 0 Å². The van der Waals surface area contributed by atoms with Crippen LogP contribution in [-0.2, 0) is 6.54 Å². The van der Waals surface area contributed by atoms with Crippen molar-refractivity contribution in [2.45, 2.75) is 6.54 Å². The molecule has 124 valence electrons. The van der Waals surface area contributed by atoms with Gasteiger partial charge in [0.1, 0.15) is 5.75 Å². The maximum Gasteiger partial charge on any atom is 0.164 e. The van der Waals surface area contributed by atoms with E-state index in [-0.39, 0.29) is 15.8 Å². The van der Waals surface area contributed by atoms with E-state index in [1.807, 2.05) is 6.07 Å². The van der Waals surface area contributed by atoms with Gasteiger partial charge in [-0.2, -0.15) is 0 Å². The highest BCUT2D eigenvalue weighted by molar-refractivity contribution is 6.37. The van der Waals surface area contributed by atoms with Crippen LogP contribution in [0.2, 0.25) is 10.0 Å². The first-order valence-corrected chi connectivity index (χ1v) is 7.46. The molecule has 7 heteroatoms. The summed E-state index contributed by atoms with van der Waals surface area (Å²) in [6.07, 6.45) is 0. The van der Waals surface area contributed by atoms with Crippen LogP contribution in [0, 0.1) is 0 Å². The summed E-state index contributed by atoms with van der Waals surface area (Å²) < 4.78 is 15.9. The highest BCUT2D eigenvalue weighted by atomic mass is 35.5. The van der Waals surface area contributed by atoms with E-state index in [4.69, 9.17) is 37.4 Å². The lowest BCUT2D eigenvalue weighted by atomic mass is 10.1. The van der Waals surface area contributed by atoms with Crippen molar-refractivity contribution in [3.63, 3.8) is 0 Å². The van der Waals surface area contributed by atoms with Gasteiger partial charge in [-0.1, -0.05) is 23.2 Å². The van der Waals surface area contributed by atoms with Gasteiger partial charge in [0.15, 0.2) is 17.2 Å². The second-order valence-electron chi connectivity index (χ2n) is 4.66. The molecular weight excluding hydrogens is 341 g/mol. The Bertz CT molecular complexity index is 684. The molecule has 2 N–H and O–H groups in total. The zero-order valence-corrected chi connectivity index (χ0v) is 14.5. The molecule has 0 aliphatic carbocycles. The van der Waals surface area contributed by atoms with Crippen LogP contribution in [-0.4, -0.2) is 26.4 Å². The number of rotatable bonds is 6. The second-order valence-corrected chi connectivity index (χ2v) is 5.48. The molecule has 2 aromatic rings. The van der Waals surface area contributed by atoms with Crippen LogP contribution in [0.15, 0.2) is 24.3 Å². The van der Waals surface area contributed by atoms with Crippen molar-refractivity contribution in [1.82, 2.24) is 0 Å². The fourth-order valence-corrected chi connectivity index (χ4v) is 2.58. The smallest absolute Gasteiger partial charge is 0.164 e. The normalized spacial score (nSPS) is 10.3. The van der Waals surface area contributed by atoms with Crippen molar-refractivity contribution < 1.29 is 19.3 Å². The molecule has 0 heterocycles. The van der Waals surface area contributed by atoms with Crippen molar-refractivity contribution >= 4 is 28.9 Å². The fourth-order valence-electron chi connectivity index (χ4n) is 2.10. The topological polar surface area (TPSA) is 60.0 Å². The van der Waals surface area contributed by atoms with Crippen molar-refractivity contribution in [3.05, 3.63) is 39.9 Å². The summed E-state index contributed by atoms with van der Waals surface area (Å²) in [6.45, 7) is 0.445. The molecule has 0 fully saturated rings. The molecule has 23 heavy (non-hydrogen) atoms. The van der Waals surface area contributed by atoms with E-state index in [9.17, 15) is 5.11 Å². The van der Waals surface area contributed by atoms with Gasteiger partial charge in [-0.15, -0.1) is 0 Å². The highest BCUT2D eigenvalue weighted by Crippen LogP contribution is 2.37. The third-order valence-corrected chi connectivity index (χ3v) is 3.86. The first kappa shape index (κ1) is 17.4. The molecule has 5 nitrogen and oxygen atoms in total. The first-order chi connectivity index (χ1) is 11.0. The molecule has 0 radical (unpaired) electrons. The second kappa shape index (κ2) is 7.53. The first-order valence-electron chi connectivity index (χ1n) is 6.71. The number of nitrogens with one attached hydrogen (secondary N) is 1. The van der Waals surface area contributed by atoms with E-state index in [0.29, 0.717) is 29.5 Å². The molecule has 0 aliphatic rings. The summed E-state index contributed by atoms with van der Waals surface area (Å²) in [5, 5.41) is 13.1. The fraction of sp³-hybridized carbons (Fsp3) is 0.250. The minimum atomic E-state index is -0.136. The number of benzene rings is 2. The number of methoxy groups -OCH3 is 3. The zero-order valence-electron chi connectivity index (χ0n) is 12.9. The number of hydrogen-bond acceptors (Lipinski definition) is 5. The largest absolute Gasteiger partial charge is 0.505 e. The molecule has 0 aliphatic heterocycles. The highest BCUT2D eigenvalue weighted by Gasteiger charge is 2.12. The SMILES string of the molecule is COc1cc(OC)c(OC)cc1CNc1cc(Cl)c(O)c(Cl)c1. The summed E-state index contributed by atoms with van der Waals surface area (Å²) in [7, 11) is 4.72. The number of hydrogen-bond donors (Lipinski definition) is 2. The van der Waals surface area contributed by atoms with Gasteiger partial charge in [-0.05, 0) is 18.2 Å². The summed E-state index contributed by atoms with van der Waals surface area (Å²) in [4.78, 5) is 0. The van der Waals surface area contributed by atoms with Crippen LogP contribution >= 0.6 is 23.2 Å². The Hall–Kier alpha value is -1.98. The summed E-state index contributed by atoms with van der Waals surface area (Å²) in [5.41, 5.74) is 1.54. The lowest BCUT2D eigenvalue weighted by Crippen LogP contribution is -2.03. The number of phenolic OH excluding ortho intramolecular Hbond substituents is 1. The van der Waals surface area contributed by atoms with Crippen LogP contribution in [0.1, 0.15) is 5.56 Å². The van der Waals surface area contributed by atoms with Gasteiger partial charge < -0.3 is 24.6 Å². The zero-order chi connectivity index (χ0) is 17.0. The monoisotopic (exact) mass is 357 g/mol. The molecule has 0 atom stereocenters. The van der Waals surface area contributed by atoms with Gasteiger partial charge in [0, 0.05) is 23.9 Å². The lowest BCUT2D eigenvalue weighted by Gasteiger charge is -2.15. The number of phenols is 1. The Labute approximate surface area is 144 Å².